The molecule has 0 aromatic carbocycles. The highest BCUT2D eigenvalue weighted by atomic mass is 16.5. The van der Waals surface area contributed by atoms with Crippen LogP contribution in [0.3, 0.4) is 0 Å². The lowest BCUT2D eigenvalue weighted by Crippen LogP contribution is -2.20. The number of nitrogens with zero attached hydrogens (tertiary/aromatic N) is 1. The maximum absolute atomic E-state index is 11.1. The fourth-order valence-electron chi connectivity index (χ4n) is 1.10. The summed E-state index contributed by atoms with van der Waals surface area (Å²) in [4.78, 5) is 12.8. The van der Waals surface area contributed by atoms with Crippen molar-refractivity contribution in [2.24, 2.45) is 0 Å². The van der Waals surface area contributed by atoms with Crippen molar-refractivity contribution in [2.45, 2.75) is 32.1 Å². The maximum Gasteiger partial charge on any atom is 0.222 e. The number of amides is 1. The standard InChI is InChI=1S/C10H21NO2/c1-11(2)10(12)8-6-4-5-7-9-13-3/h4-9H2,1-3H3. The molecule has 78 valence electrons. The van der Waals surface area contributed by atoms with Crippen molar-refractivity contribution >= 4 is 5.91 Å². The first-order valence-corrected chi connectivity index (χ1v) is 4.87. The molecule has 3 nitrogen and oxygen atoms in total. The van der Waals surface area contributed by atoms with Crippen molar-refractivity contribution in [1.82, 2.24) is 4.90 Å². The Balaban J connectivity index is 3.12. The topological polar surface area (TPSA) is 29.5 Å². The molecule has 0 saturated carbocycles. The molecule has 13 heavy (non-hydrogen) atoms. The summed E-state index contributed by atoms with van der Waals surface area (Å²) < 4.78 is 4.93. The Morgan fingerprint density at radius 1 is 1.15 bits per heavy atom. The highest BCUT2D eigenvalue weighted by Gasteiger charge is 2.01. The Labute approximate surface area is 81.1 Å². The minimum atomic E-state index is 0.228. The van der Waals surface area contributed by atoms with E-state index >= 15 is 0 Å². The third-order valence-corrected chi connectivity index (χ3v) is 1.99. The molecule has 0 heterocycles. The highest BCUT2D eigenvalue weighted by molar-refractivity contribution is 5.75. The summed E-state index contributed by atoms with van der Waals surface area (Å²) in [6.45, 7) is 0.835. The Bertz CT molecular complexity index is 135. The predicted octanol–water partition coefficient (Wildman–Crippen LogP) is 1.67. The highest BCUT2D eigenvalue weighted by Crippen LogP contribution is 2.04. The van der Waals surface area contributed by atoms with Crippen LogP contribution in [0.2, 0.25) is 0 Å². The second-order valence-corrected chi connectivity index (χ2v) is 3.45. The van der Waals surface area contributed by atoms with Gasteiger partial charge in [-0.2, -0.15) is 0 Å². The third kappa shape index (κ3) is 7.78. The van der Waals surface area contributed by atoms with Crippen LogP contribution in [0.4, 0.5) is 0 Å². The van der Waals surface area contributed by atoms with Crippen LogP contribution >= 0.6 is 0 Å². The summed E-state index contributed by atoms with van der Waals surface area (Å²) in [5.41, 5.74) is 0. The van der Waals surface area contributed by atoms with Gasteiger partial charge in [0, 0.05) is 34.2 Å². The van der Waals surface area contributed by atoms with E-state index in [0.717, 1.165) is 32.3 Å². The van der Waals surface area contributed by atoms with Crippen LogP contribution in [0.15, 0.2) is 0 Å². The molecule has 0 radical (unpaired) electrons. The minimum Gasteiger partial charge on any atom is -0.385 e. The van der Waals surface area contributed by atoms with Crippen molar-refractivity contribution in [3.63, 3.8) is 0 Å². The SMILES string of the molecule is COCCCCCCC(=O)N(C)C. The van der Waals surface area contributed by atoms with Crippen LogP contribution in [0, 0.1) is 0 Å². The smallest absolute Gasteiger partial charge is 0.222 e. The Kier molecular flexibility index (Phi) is 7.69. The second kappa shape index (κ2) is 8.05. The Morgan fingerprint density at radius 2 is 1.77 bits per heavy atom. The predicted molar refractivity (Wildman–Crippen MR) is 53.7 cm³/mol. The van der Waals surface area contributed by atoms with Crippen molar-refractivity contribution in [3.8, 4) is 0 Å². The van der Waals surface area contributed by atoms with E-state index in [0.29, 0.717) is 6.42 Å². The summed E-state index contributed by atoms with van der Waals surface area (Å²) in [6, 6.07) is 0. The van der Waals surface area contributed by atoms with Gasteiger partial charge in [0.2, 0.25) is 5.91 Å². The Morgan fingerprint density at radius 3 is 2.31 bits per heavy atom. The van der Waals surface area contributed by atoms with E-state index in [9.17, 15) is 4.79 Å². The number of carbonyl (C=O) groups excluding carboxylic acids is 1. The number of carbonyl (C=O) groups is 1. The molecule has 0 unspecified atom stereocenters. The molecule has 0 aromatic heterocycles. The number of hydrogen-bond acceptors (Lipinski definition) is 2. The fourth-order valence-corrected chi connectivity index (χ4v) is 1.10. The van der Waals surface area contributed by atoms with Gasteiger partial charge in [-0.3, -0.25) is 4.79 Å². The first kappa shape index (κ1) is 12.4. The largest absolute Gasteiger partial charge is 0.385 e. The summed E-state index contributed by atoms with van der Waals surface area (Å²) in [5, 5.41) is 0. The quantitative estimate of drug-likeness (QED) is 0.567. The number of methoxy groups -OCH3 is 1. The molecule has 0 rings (SSSR count). The van der Waals surface area contributed by atoms with Crippen LogP contribution in [0.25, 0.3) is 0 Å². The molecule has 0 atom stereocenters. The van der Waals surface area contributed by atoms with Gasteiger partial charge in [-0.25, -0.2) is 0 Å². The molecule has 0 spiro atoms. The number of ether oxygens (including phenoxy) is 1. The molecule has 0 aromatic rings. The molecule has 0 aliphatic heterocycles. The fraction of sp³-hybridized carbons (Fsp3) is 0.900. The van der Waals surface area contributed by atoms with Crippen molar-refractivity contribution in [1.29, 1.82) is 0 Å². The van der Waals surface area contributed by atoms with E-state index in [2.05, 4.69) is 0 Å². The van der Waals surface area contributed by atoms with Gasteiger partial charge < -0.3 is 9.64 Å². The number of hydrogen-bond donors (Lipinski definition) is 0. The van der Waals surface area contributed by atoms with Crippen LogP contribution in [0.1, 0.15) is 32.1 Å². The van der Waals surface area contributed by atoms with E-state index in [-0.39, 0.29) is 5.91 Å². The molecule has 0 aliphatic carbocycles. The van der Waals surface area contributed by atoms with Gasteiger partial charge in [-0.1, -0.05) is 12.8 Å². The van der Waals surface area contributed by atoms with Crippen LogP contribution in [0.5, 0.6) is 0 Å². The molecule has 0 fully saturated rings. The third-order valence-electron chi connectivity index (χ3n) is 1.99. The summed E-state index contributed by atoms with van der Waals surface area (Å²) in [7, 11) is 5.32. The molecule has 0 saturated heterocycles. The first-order valence-electron chi connectivity index (χ1n) is 4.87. The lowest BCUT2D eigenvalue weighted by atomic mass is 10.1. The summed E-state index contributed by atoms with van der Waals surface area (Å²) >= 11 is 0. The molecule has 0 N–H and O–H groups in total. The average molecular weight is 187 g/mol. The van der Waals surface area contributed by atoms with E-state index in [1.807, 2.05) is 0 Å². The van der Waals surface area contributed by atoms with Crippen molar-refractivity contribution in [3.05, 3.63) is 0 Å². The lowest BCUT2D eigenvalue weighted by Gasteiger charge is -2.09. The zero-order valence-electron chi connectivity index (χ0n) is 9.01. The molecule has 0 bridgehead atoms. The zero-order chi connectivity index (χ0) is 10.1. The Hall–Kier alpha value is -0.570. The second-order valence-electron chi connectivity index (χ2n) is 3.45. The van der Waals surface area contributed by atoms with E-state index in [1.54, 1.807) is 26.1 Å². The van der Waals surface area contributed by atoms with Gasteiger partial charge in [-0.05, 0) is 12.8 Å². The molecular weight excluding hydrogens is 166 g/mol. The van der Waals surface area contributed by atoms with Gasteiger partial charge in [0.15, 0.2) is 0 Å². The average Bonchev–Trinajstić information content (AvgIpc) is 2.10. The van der Waals surface area contributed by atoms with Gasteiger partial charge in [-0.15, -0.1) is 0 Å². The maximum atomic E-state index is 11.1. The molecular formula is C10H21NO2. The zero-order valence-corrected chi connectivity index (χ0v) is 9.01. The van der Waals surface area contributed by atoms with Crippen LogP contribution in [-0.4, -0.2) is 38.6 Å². The van der Waals surface area contributed by atoms with Crippen LogP contribution in [-0.2, 0) is 9.53 Å². The number of rotatable bonds is 7. The molecule has 1 amide bonds. The van der Waals surface area contributed by atoms with Crippen LogP contribution < -0.4 is 0 Å². The molecule has 3 heteroatoms. The van der Waals surface area contributed by atoms with E-state index < -0.39 is 0 Å². The van der Waals surface area contributed by atoms with Crippen molar-refractivity contribution < 1.29 is 9.53 Å². The van der Waals surface area contributed by atoms with E-state index in [4.69, 9.17) is 4.74 Å². The van der Waals surface area contributed by atoms with Crippen molar-refractivity contribution in [2.75, 3.05) is 27.8 Å². The first-order chi connectivity index (χ1) is 6.18. The van der Waals surface area contributed by atoms with Gasteiger partial charge in [0.05, 0.1) is 0 Å². The summed E-state index contributed by atoms with van der Waals surface area (Å²) in [6.07, 6.45) is 5.07. The summed E-state index contributed by atoms with van der Waals surface area (Å²) in [5.74, 6) is 0.228. The van der Waals surface area contributed by atoms with Gasteiger partial charge in [0.1, 0.15) is 0 Å². The van der Waals surface area contributed by atoms with Gasteiger partial charge >= 0.3 is 0 Å². The van der Waals surface area contributed by atoms with E-state index in [1.165, 1.54) is 0 Å². The molecule has 0 aliphatic rings. The lowest BCUT2D eigenvalue weighted by molar-refractivity contribution is -0.128. The number of unbranched alkanes of at least 4 members (excludes halogenated alkanes) is 3. The minimum absolute atomic E-state index is 0.228. The normalized spacial score (nSPS) is 10.1. The van der Waals surface area contributed by atoms with Gasteiger partial charge in [0.25, 0.3) is 0 Å². The monoisotopic (exact) mass is 187 g/mol.